The number of anilines is 1. The van der Waals surface area contributed by atoms with Crippen molar-refractivity contribution in [3.63, 3.8) is 0 Å². The van der Waals surface area contributed by atoms with E-state index < -0.39 is 11.2 Å². The minimum Gasteiger partial charge on any atom is -0.507 e. The van der Waals surface area contributed by atoms with E-state index in [9.17, 15) is 14.7 Å². The first-order valence-corrected chi connectivity index (χ1v) is 8.92. The second-order valence-electron chi connectivity index (χ2n) is 7.04. The first-order chi connectivity index (χ1) is 12.9. The van der Waals surface area contributed by atoms with Crippen molar-refractivity contribution in [2.75, 3.05) is 18.0 Å². The Hall–Kier alpha value is -3.16. The van der Waals surface area contributed by atoms with Gasteiger partial charge in [0.1, 0.15) is 17.1 Å². The van der Waals surface area contributed by atoms with Gasteiger partial charge in [-0.1, -0.05) is 6.92 Å². The van der Waals surface area contributed by atoms with Crippen LogP contribution in [0.1, 0.15) is 25.5 Å². The molecule has 4 rings (SSSR count). The number of hydrogen-bond donors (Lipinski definition) is 2. The van der Waals surface area contributed by atoms with Crippen LogP contribution in [0.25, 0.3) is 22.2 Å². The van der Waals surface area contributed by atoms with Crippen LogP contribution in [0, 0.1) is 12.8 Å². The molecule has 1 aliphatic rings. The summed E-state index contributed by atoms with van der Waals surface area (Å²) in [5.74, 6) is 1.04. The molecular weight excluding hydrogens is 348 g/mol. The Balaban J connectivity index is 1.91. The third-order valence-electron chi connectivity index (χ3n) is 4.87. The lowest BCUT2D eigenvalue weighted by molar-refractivity contribution is 0.438. The summed E-state index contributed by atoms with van der Waals surface area (Å²) in [6.07, 6.45) is 3.65. The number of nitrogens with zero attached hydrogens (tertiary/aromatic N) is 3. The molecule has 2 N–H and O–H groups in total. The van der Waals surface area contributed by atoms with E-state index in [1.807, 2.05) is 4.90 Å². The predicted octanol–water partition coefficient (Wildman–Crippen LogP) is 2.19. The minimum atomic E-state index is -0.715. The Morgan fingerprint density at radius 3 is 2.93 bits per heavy atom. The monoisotopic (exact) mass is 368 g/mol. The zero-order chi connectivity index (χ0) is 19.1. The zero-order valence-corrected chi connectivity index (χ0v) is 15.2. The van der Waals surface area contributed by atoms with Crippen molar-refractivity contribution in [2.45, 2.75) is 26.7 Å². The van der Waals surface area contributed by atoms with Crippen LogP contribution in [0.5, 0.6) is 5.75 Å². The molecule has 1 atom stereocenters. The molecule has 0 radical (unpaired) electrons. The molecule has 1 saturated heterocycles. The van der Waals surface area contributed by atoms with Crippen LogP contribution in [0.2, 0.25) is 0 Å². The summed E-state index contributed by atoms with van der Waals surface area (Å²) in [4.78, 5) is 38.7. The van der Waals surface area contributed by atoms with Gasteiger partial charge in [-0.05, 0) is 31.7 Å². The largest absolute Gasteiger partial charge is 0.507 e. The first-order valence-electron chi connectivity index (χ1n) is 8.92. The van der Waals surface area contributed by atoms with Gasteiger partial charge in [0.05, 0.1) is 5.39 Å². The van der Waals surface area contributed by atoms with E-state index in [-0.39, 0.29) is 33.7 Å². The van der Waals surface area contributed by atoms with Crippen molar-refractivity contribution in [3.05, 3.63) is 44.9 Å². The van der Waals surface area contributed by atoms with Crippen molar-refractivity contribution < 1.29 is 9.52 Å². The molecule has 0 bridgehead atoms. The van der Waals surface area contributed by atoms with E-state index in [1.165, 1.54) is 18.3 Å². The van der Waals surface area contributed by atoms with E-state index in [1.54, 1.807) is 6.92 Å². The fraction of sp³-hybridized carbons (Fsp3) is 0.368. The molecule has 0 unspecified atom stereocenters. The van der Waals surface area contributed by atoms with Gasteiger partial charge in [-0.25, -0.2) is 9.78 Å². The molecule has 0 saturated carbocycles. The molecule has 27 heavy (non-hydrogen) atoms. The van der Waals surface area contributed by atoms with Gasteiger partial charge in [-0.2, -0.15) is 4.98 Å². The van der Waals surface area contributed by atoms with Gasteiger partial charge in [-0.15, -0.1) is 0 Å². The van der Waals surface area contributed by atoms with Gasteiger partial charge in [0, 0.05) is 30.9 Å². The smallest absolute Gasteiger partial charge is 0.347 e. The summed E-state index contributed by atoms with van der Waals surface area (Å²) in [5, 5.41) is 10.4. The Bertz CT molecular complexity index is 1130. The average molecular weight is 368 g/mol. The molecule has 8 nitrogen and oxygen atoms in total. The molecule has 0 aliphatic carbocycles. The quantitative estimate of drug-likeness (QED) is 0.713. The van der Waals surface area contributed by atoms with E-state index in [4.69, 9.17) is 4.42 Å². The van der Waals surface area contributed by atoms with E-state index in [0.29, 0.717) is 11.9 Å². The summed E-state index contributed by atoms with van der Waals surface area (Å²) < 4.78 is 5.09. The summed E-state index contributed by atoms with van der Waals surface area (Å²) >= 11 is 0. The number of aromatic hydroxyl groups is 1. The fourth-order valence-electron chi connectivity index (χ4n) is 3.64. The molecule has 140 valence electrons. The molecule has 1 aliphatic heterocycles. The fourth-order valence-corrected chi connectivity index (χ4v) is 3.64. The van der Waals surface area contributed by atoms with Crippen molar-refractivity contribution in [2.24, 2.45) is 5.92 Å². The number of rotatable bonds is 2. The molecule has 0 aromatic carbocycles. The maximum Gasteiger partial charge on any atom is 0.347 e. The van der Waals surface area contributed by atoms with Crippen molar-refractivity contribution in [1.29, 1.82) is 0 Å². The average Bonchev–Trinajstić information content (AvgIpc) is 2.60. The Morgan fingerprint density at radius 1 is 1.37 bits per heavy atom. The lowest BCUT2D eigenvalue weighted by Gasteiger charge is -2.31. The number of aromatic amines is 1. The summed E-state index contributed by atoms with van der Waals surface area (Å²) in [5.41, 5.74) is -0.717. The van der Waals surface area contributed by atoms with E-state index in [0.717, 1.165) is 25.9 Å². The number of piperidine rings is 1. The Morgan fingerprint density at radius 2 is 2.19 bits per heavy atom. The standard InChI is InChI=1S/C19H20N4O4/c1-10-4-3-7-23(9-10)19-21-16-15(17(25)22-19)12(5-6-20-16)14-13(24)8-11(2)27-18(14)26/h5-6,8,10,24H,3-4,7,9H2,1-2H3,(H,20,21,22,25)/t10-/m0/s1. The predicted molar refractivity (Wildman–Crippen MR) is 101 cm³/mol. The van der Waals surface area contributed by atoms with Gasteiger partial charge in [0.2, 0.25) is 5.95 Å². The molecule has 0 amide bonds. The molecule has 1 fully saturated rings. The number of H-pyrrole nitrogens is 1. The van der Waals surface area contributed by atoms with Crippen LogP contribution in [0.15, 0.2) is 32.3 Å². The van der Waals surface area contributed by atoms with E-state index >= 15 is 0 Å². The Labute approximate surface area is 154 Å². The van der Waals surface area contributed by atoms with Gasteiger partial charge in [0.25, 0.3) is 5.56 Å². The highest BCUT2D eigenvalue weighted by Crippen LogP contribution is 2.30. The van der Waals surface area contributed by atoms with Crippen LogP contribution in [-0.2, 0) is 0 Å². The third-order valence-corrected chi connectivity index (χ3v) is 4.87. The van der Waals surface area contributed by atoms with Gasteiger partial charge >= 0.3 is 5.63 Å². The van der Waals surface area contributed by atoms with Crippen LogP contribution < -0.4 is 16.1 Å². The number of aromatic nitrogens is 3. The van der Waals surface area contributed by atoms with Gasteiger partial charge < -0.3 is 14.4 Å². The molecule has 8 heteroatoms. The van der Waals surface area contributed by atoms with Crippen molar-refractivity contribution in [1.82, 2.24) is 15.0 Å². The lowest BCUT2D eigenvalue weighted by atomic mass is 10.0. The Kier molecular flexibility index (Phi) is 4.18. The van der Waals surface area contributed by atoms with Crippen LogP contribution in [0.3, 0.4) is 0 Å². The van der Waals surface area contributed by atoms with Crippen LogP contribution in [0.4, 0.5) is 5.95 Å². The highest BCUT2D eigenvalue weighted by molar-refractivity contribution is 5.93. The molecule has 3 aromatic heterocycles. The molecule has 0 spiro atoms. The third kappa shape index (κ3) is 3.07. The SMILES string of the molecule is Cc1cc(O)c(-c2ccnc3nc(N4CCC[C@H](C)C4)[nH]c(=O)c23)c(=O)o1. The van der Waals surface area contributed by atoms with E-state index in [2.05, 4.69) is 21.9 Å². The van der Waals surface area contributed by atoms with Gasteiger partial charge in [-0.3, -0.25) is 9.78 Å². The maximum absolute atomic E-state index is 12.8. The lowest BCUT2D eigenvalue weighted by Crippen LogP contribution is -2.36. The highest BCUT2D eigenvalue weighted by Gasteiger charge is 2.22. The summed E-state index contributed by atoms with van der Waals surface area (Å²) in [7, 11) is 0. The van der Waals surface area contributed by atoms with Gasteiger partial charge in [0.15, 0.2) is 5.65 Å². The molecule has 3 aromatic rings. The van der Waals surface area contributed by atoms with Crippen molar-refractivity contribution >= 4 is 17.0 Å². The number of aryl methyl sites for hydroxylation is 1. The van der Waals surface area contributed by atoms with Crippen LogP contribution in [-0.4, -0.2) is 33.1 Å². The number of pyridine rings is 1. The second-order valence-corrected chi connectivity index (χ2v) is 7.04. The van der Waals surface area contributed by atoms with Crippen molar-refractivity contribution in [3.8, 4) is 16.9 Å². The maximum atomic E-state index is 12.8. The first kappa shape index (κ1) is 17.3. The topological polar surface area (TPSA) is 112 Å². The minimum absolute atomic E-state index is 0.0698. The number of hydrogen-bond acceptors (Lipinski definition) is 7. The number of fused-ring (bicyclic) bond motifs is 1. The summed E-state index contributed by atoms with van der Waals surface area (Å²) in [6, 6.07) is 2.84. The molecule has 4 heterocycles. The summed E-state index contributed by atoms with van der Waals surface area (Å²) in [6.45, 7) is 5.37. The zero-order valence-electron chi connectivity index (χ0n) is 15.2. The highest BCUT2D eigenvalue weighted by atomic mass is 16.4. The van der Waals surface area contributed by atoms with Crippen LogP contribution >= 0.6 is 0 Å². The normalized spacial score (nSPS) is 17.4. The molecular formula is C19H20N4O4. The second kappa shape index (κ2) is 6.53. The number of nitrogens with one attached hydrogen (secondary N) is 1.